The van der Waals surface area contributed by atoms with Gasteiger partial charge < -0.3 is 0 Å². The van der Waals surface area contributed by atoms with Gasteiger partial charge in [-0.25, -0.2) is 0 Å². The summed E-state index contributed by atoms with van der Waals surface area (Å²) in [5.41, 5.74) is 2.18. The third kappa shape index (κ3) is 3.36. The lowest BCUT2D eigenvalue weighted by Gasteiger charge is -2.41. The van der Waals surface area contributed by atoms with Crippen molar-refractivity contribution >= 4 is 29.0 Å². The number of rotatable bonds is 3. The molecule has 0 N–H and O–H groups in total. The van der Waals surface area contributed by atoms with Crippen molar-refractivity contribution in [1.29, 1.82) is 0 Å². The Labute approximate surface area is 177 Å². The number of carbonyl (C=O) groups excluding carboxylic acids is 3. The average molecular weight is 411 g/mol. The highest BCUT2D eigenvalue weighted by Crippen LogP contribution is 2.46. The van der Waals surface area contributed by atoms with Crippen LogP contribution >= 0.6 is 11.6 Å². The molecule has 0 atom stereocenters. The Morgan fingerprint density at radius 2 is 1.48 bits per heavy atom. The van der Waals surface area contributed by atoms with Gasteiger partial charge in [0.05, 0.1) is 10.8 Å². The number of carbonyl (C=O) groups is 3. The fourth-order valence-corrected chi connectivity index (χ4v) is 4.56. The van der Waals surface area contributed by atoms with E-state index in [4.69, 9.17) is 11.6 Å². The molecule has 3 nitrogen and oxygen atoms in total. The molecule has 3 rings (SSSR count). The molecule has 0 aromatic heterocycles. The van der Waals surface area contributed by atoms with E-state index >= 15 is 0 Å². The predicted octanol–water partition coefficient (Wildman–Crippen LogP) is 5.73. The first-order valence-electron chi connectivity index (χ1n) is 9.95. The molecule has 1 aliphatic carbocycles. The molecule has 0 spiro atoms. The number of benzene rings is 2. The number of aryl methyl sites for hydroxylation is 2. The van der Waals surface area contributed by atoms with Crippen molar-refractivity contribution in [3.8, 4) is 11.1 Å². The smallest absolute Gasteiger partial charge is 0.160 e. The maximum absolute atomic E-state index is 13.3. The van der Waals surface area contributed by atoms with Gasteiger partial charge >= 0.3 is 0 Å². The zero-order valence-corrected chi connectivity index (χ0v) is 18.6. The van der Waals surface area contributed by atoms with E-state index in [9.17, 15) is 14.4 Å². The first-order valence-corrected chi connectivity index (χ1v) is 10.3. The SMILES string of the molecule is CCc1ccc(-c2cc(Cl)ccc2C)cc1C1C(=O)C(C)(C)C(=O)C(C)(C)C1=O. The third-order valence-electron chi connectivity index (χ3n) is 6.24. The first-order chi connectivity index (χ1) is 13.4. The molecule has 0 saturated heterocycles. The van der Waals surface area contributed by atoms with Crippen LogP contribution in [0.3, 0.4) is 0 Å². The molecule has 152 valence electrons. The van der Waals surface area contributed by atoms with Gasteiger partial charge in [0.25, 0.3) is 0 Å². The predicted molar refractivity (Wildman–Crippen MR) is 116 cm³/mol. The summed E-state index contributed by atoms with van der Waals surface area (Å²) in [5.74, 6) is -1.88. The highest BCUT2D eigenvalue weighted by atomic mass is 35.5. The Morgan fingerprint density at radius 1 is 0.897 bits per heavy atom. The Balaban J connectivity index is 2.24. The van der Waals surface area contributed by atoms with Crippen molar-refractivity contribution in [2.45, 2.75) is 53.9 Å². The summed E-state index contributed by atoms with van der Waals surface area (Å²) in [4.78, 5) is 39.5. The summed E-state index contributed by atoms with van der Waals surface area (Å²) in [7, 11) is 0. The Morgan fingerprint density at radius 3 is 2.03 bits per heavy atom. The molecule has 29 heavy (non-hydrogen) atoms. The quantitative estimate of drug-likeness (QED) is 0.606. The molecule has 0 amide bonds. The highest BCUT2D eigenvalue weighted by Gasteiger charge is 2.58. The molecule has 1 fully saturated rings. The van der Waals surface area contributed by atoms with Gasteiger partial charge in [0.1, 0.15) is 5.92 Å². The minimum absolute atomic E-state index is 0.309. The topological polar surface area (TPSA) is 51.2 Å². The lowest BCUT2D eigenvalue weighted by Crippen LogP contribution is -2.56. The van der Waals surface area contributed by atoms with Gasteiger partial charge in [-0.2, -0.15) is 0 Å². The summed E-state index contributed by atoms with van der Waals surface area (Å²) in [6.07, 6.45) is 0.690. The molecule has 4 heteroatoms. The van der Waals surface area contributed by atoms with Crippen LogP contribution in [-0.2, 0) is 20.8 Å². The zero-order valence-electron chi connectivity index (χ0n) is 17.9. The van der Waals surface area contributed by atoms with Crippen molar-refractivity contribution in [3.63, 3.8) is 0 Å². The van der Waals surface area contributed by atoms with Gasteiger partial charge in [0, 0.05) is 5.02 Å². The van der Waals surface area contributed by atoms with Crippen molar-refractivity contribution in [3.05, 3.63) is 58.1 Å². The van der Waals surface area contributed by atoms with Crippen LogP contribution in [0.2, 0.25) is 5.02 Å². The normalized spacial score (nSPS) is 18.9. The van der Waals surface area contributed by atoms with Crippen molar-refractivity contribution < 1.29 is 14.4 Å². The second-order valence-corrected chi connectivity index (χ2v) is 9.40. The summed E-state index contributed by atoms with van der Waals surface area (Å²) >= 11 is 6.21. The van der Waals surface area contributed by atoms with E-state index in [-0.39, 0.29) is 17.3 Å². The fourth-order valence-electron chi connectivity index (χ4n) is 4.39. The molecule has 2 aromatic carbocycles. The second kappa shape index (κ2) is 7.21. The number of hydrogen-bond acceptors (Lipinski definition) is 3. The third-order valence-corrected chi connectivity index (χ3v) is 6.48. The van der Waals surface area contributed by atoms with Gasteiger partial charge in [0.2, 0.25) is 0 Å². The molecule has 0 radical (unpaired) electrons. The number of halogens is 1. The Kier molecular flexibility index (Phi) is 5.33. The minimum Gasteiger partial charge on any atom is -0.298 e. The van der Waals surface area contributed by atoms with Crippen LogP contribution in [0.5, 0.6) is 0 Å². The average Bonchev–Trinajstić information content (AvgIpc) is 2.68. The van der Waals surface area contributed by atoms with Gasteiger partial charge in [-0.15, -0.1) is 0 Å². The van der Waals surface area contributed by atoms with E-state index in [2.05, 4.69) is 0 Å². The summed E-state index contributed by atoms with van der Waals surface area (Å²) < 4.78 is 0. The van der Waals surface area contributed by atoms with E-state index in [0.717, 1.165) is 22.3 Å². The second-order valence-electron chi connectivity index (χ2n) is 8.97. The zero-order chi connectivity index (χ0) is 21.7. The molecule has 1 aliphatic rings. The molecular weight excluding hydrogens is 384 g/mol. The molecule has 0 unspecified atom stereocenters. The summed E-state index contributed by atoms with van der Waals surface area (Å²) in [6, 6.07) is 11.6. The largest absolute Gasteiger partial charge is 0.298 e. The lowest BCUT2D eigenvalue weighted by molar-refractivity contribution is -0.157. The van der Waals surface area contributed by atoms with Crippen molar-refractivity contribution in [2.24, 2.45) is 10.8 Å². The maximum Gasteiger partial charge on any atom is 0.160 e. The van der Waals surface area contributed by atoms with Gasteiger partial charge in [-0.3, -0.25) is 14.4 Å². The number of hydrogen-bond donors (Lipinski definition) is 0. The fraction of sp³-hybridized carbons (Fsp3) is 0.400. The molecule has 2 aromatic rings. The van der Waals surface area contributed by atoms with Crippen LogP contribution in [-0.4, -0.2) is 17.3 Å². The molecular formula is C25H27ClO3. The van der Waals surface area contributed by atoms with Crippen LogP contribution in [0, 0.1) is 17.8 Å². The molecule has 0 heterocycles. The summed E-state index contributed by atoms with van der Waals surface area (Å²) in [6.45, 7) is 10.5. The van der Waals surface area contributed by atoms with Crippen LogP contribution in [0.4, 0.5) is 0 Å². The summed E-state index contributed by atoms with van der Waals surface area (Å²) in [5, 5.41) is 0.629. The van der Waals surface area contributed by atoms with Gasteiger partial charge in [-0.05, 0) is 87.1 Å². The van der Waals surface area contributed by atoms with Crippen LogP contribution in [0.15, 0.2) is 36.4 Å². The number of Topliss-reactive ketones (excluding diaryl/α,β-unsaturated/α-hetero) is 3. The van der Waals surface area contributed by atoms with Gasteiger partial charge in [0.15, 0.2) is 17.3 Å². The molecule has 0 bridgehead atoms. The van der Waals surface area contributed by atoms with E-state index < -0.39 is 16.7 Å². The van der Waals surface area contributed by atoms with Crippen LogP contribution in [0.1, 0.15) is 57.2 Å². The van der Waals surface area contributed by atoms with Crippen LogP contribution < -0.4 is 0 Å². The van der Waals surface area contributed by atoms with E-state index in [1.54, 1.807) is 27.7 Å². The highest BCUT2D eigenvalue weighted by molar-refractivity contribution is 6.31. The lowest BCUT2D eigenvalue weighted by atomic mass is 9.57. The Hall–Kier alpha value is -2.26. The number of ketones is 3. The maximum atomic E-state index is 13.3. The van der Waals surface area contributed by atoms with Crippen molar-refractivity contribution in [2.75, 3.05) is 0 Å². The Bertz CT molecular complexity index is 1000. The van der Waals surface area contributed by atoms with Crippen LogP contribution in [0.25, 0.3) is 11.1 Å². The first kappa shape index (κ1) is 21.4. The van der Waals surface area contributed by atoms with Gasteiger partial charge in [-0.1, -0.05) is 36.7 Å². The van der Waals surface area contributed by atoms with E-state index in [0.29, 0.717) is 17.0 Å². The standard InChI is InChI=1S/C25H27ClO3/c1-7-15-9-10-16(18-13-17(26)11-8-14(18)2)12-19(15)20-21(27)24(3,4)23(29)25(5,6)22(20)28/h8-13,20H,7H2,1-6H3. The van der Waals surface area contributed by atoms with E-state index in [1.807, 2.05) is 50.2 Å². The molecule has 1 saturated carbocycles. The van der Waals surface area contributed by atoms with Crippen molar-refractivity contribution in [1.82, 2.24) is 0 Å². The minimum atomic E-state index is -1.20. The molecule has 0 aliphatic heterocycles. The monoisotopic (exact) mass is 410 g/mol. The van der Waals surface area contributed by atoms with E-state index in [1.165, 1.54) is 0 Å².